The van der Waals surface area contributed by atoms with E-state index in [9.17, 15) is 4.79 Å². The molecular formula is C20H20N6OS. The number of rotatable bonds is 7. The highest BCUT2D eigenvalue weighted by Gasteiger charge is 2.15. The van der Waals surface area contributed by atoms with E-state index in [2.05, 4.69) is 22.4 Å². The Morgan fingerprint density at radius 1 is 1.04 bits per heavy atom. The molecule has 0 radical (unpaired) electrons. The molecule has 0 aliphatic rings. The second-order valence-electron chi connectivity index (χ2n) is 6.35. The van der Waals surface area contributed by atoms with Crippen LogP contribution >= 0.6 is 11.8 Å². The van der Waals surface area contributed by atoms with Crippen LogP contribution < -0.4 is 5.56 Å². The summed E-state index contributed by atoms with van der Waals surface area (Å²) in [6, 6.07) is 17.0. The van der Waals surface area contributed by atoms with Crippen LogP contribution in [0.4, 0.5) is 0 Å². The maximum Gasteiger partial charge on any atom is 0.266 e. The number of para-hydroxylation sites is 2. The maximum absolute atomic E-state index is 13.2. The number of fused-ring (bicyclic) bond motifs is 1. The van der Waals surface area contributed by atoms with E-state index in [0.717, 1.165) is 30.9 Å². The molecule has 0 N–H and O–H groups in total. The van der Waals surface area contributed by atoms with E-state index >= 15 is 0 Å². The minimum atomic E-state index is -0.0788. The van der Waals surface area contributed by atoms with Crippen molar-refractivity contribution in [1.29, 1.82) is 0 Å². The third kappa shape index (κ3) is 3.68. The van der Waals surface area contributed by atoms with Crippen molar-refractivity contribution in [3.8, 4) is 5.69 Å². The molecular weight excluding hydrogens is 372 g/mol. The average molecular weight is 392 g/mol. The van der Waals surface area contributed by atoms with Gasteiger partial charge in [-0.1, -0.05) is 55.4 Å². The Bertz CT molecular complexity index is 1140. The Hall–Kier alpha value is -3.00. The number of aromatic nitrogens is 6. The Labute approximate surface area is 166 Å². The minimum absolute atomic E-state index is 0.0788. The van der Waals surface area contributed by atoms with Crippen molar-refractivity contribution in [2.75, 3.05) is 0 Å². The average Bonchev–Trinajstić information content (AvgIpc) is 3.19. The summed E-state index contributed by atoms with van der Waals surface area (Å²) in [5.41, 5.74) is 1.40. The van der Waals surface area contributed by atoms with Crippen LogP contribution in [0.2, 0.25) is 0 Å². The van der Waals surface area contributed by atoms with Gasteiger partial charge >= 0.3 is 0 Å². The minimum Gasteiger partial charge on any atom is -0.268 e. The molecule has 142 valence electrons. The molecule has 0 unspecified atom stereocenters. The van der Waals surface area contributed by atoms with E-state index < -0.39 is 0 Å². The molecule has 8 heteroatoms. The summed E-state index contributed by atoms with van der Waals surface area (Å²) in [6.07, 6.45) is 2.10. The van der Waals surface area contributed by atoms with Gasteiger partial charge in [0, 0.05) is 6.54 Å². The number of hydrogen-bond acceptors (Lipinski definition) is 6. The summed E-state index contributed by atoms with van der Waals surface area (Å²) in [7, 11) is 0. The number of aryl methyl sites for hydroxylation is 1. The summed E-state index contributed by atoms with van der Waals surface area (Å²) >= 11 is 1.46. The fourth-order valence-electron chi connectivity index (χ4n) is 2.95. The van der Waals surface area contributed by atoms with Crippen molar-refractivity contribution in [1.82, 2.24) is 29.8 Å². The fourth-order valence-corrected chi connectivity index (χ4v) is 3.90. The Kier molecular flexibility index (Phi) is 5.48. The predicted octanol–water partition coefficient (Wildman–Crippen LogP) is 3.46. The molecule has 0 fully saturated rings. The SMILES string of the molecule is CCCCn1nnnc1CSc1nc2ccccc2c(=O)n1-c1ccccc1. The first kappa shape index (κ1) is 18.4. The lowest BCUT2D eigenvalue weighted by Gasteiger charge is -2.13. The Morgan fingerprint density at radius 2 is 1.82 bits per heavy atom. The van der Waals surface area contributed by atoms with Crippen LogP contribution in [0.5, 0.6) is 0 Å². The highest BCUT2D eigenvalue weighted by Crippen LogP contribution is 2.23. The topological polar surface area (TPSA) is 78.5 Å². The van der Waals surface area contributed by atoms with Crippen LogP contribution in [-0.4, -0.2) is 29.8 Å². The van der Waals surface area contributed by atoms with Gasteiger partial charge in [0.05, 0.1) is 22.3 Å². The predicted molar refractivity (Wildman–Crippen MR) is 110 cm³/mol. The molecule has 7 nitrogen and oxygen atoms in total. The summed E-state index contributed by atoms with van der Waals surface area (Å²) in [6.45, 7) is 2.92. The van der Waals surface area contributed by atoms with E-state index in [1.807, 2.05) is 59.3 Å². The largest absolute Gasteiger partial charge is 0.268 e. The molecule has 2 aromatic carbocycles. The van der Waals surface area contributed by atoms with E-state index in [1.165, 1.54) is 11.8 Å². The van der Waals surface area contributed by atoms with Gasteiger partial charge in [0.1, 0.15) is 0 Å². The molecule has 2 aromatic heterocycles. The van der Waals surface area contributed by atoms with E-state index in [-0.39, 0.29) is 5.56 Å². The quantitative estimate of drug-likeness (QED) is 0.354. The smallest absolute Gasteiger partial charge is 0.266 e. The molecule has 0 bridgehead atoms. The van der Waals surface area contributed by atoms with E-state index in [1.54, 1.807) is 4.57 Å². The molecule has 0 aliphatic heterocycles. The monoisotopic (exact) mass is 392 g/mol. The lowest BCUT2D eigenvalue weighted by molar-refractivity contribution is 0.540. The molecule has 4 aromatic rings. The lowest BCUT2D eigenvalue weighted by atomic mass is 10.2. The summed E-state index contributed by atoms with van der Waals surface area (Å²) in [5, 5.41) is 13.2. The van der Waals surface area contributed by atoms with Crippen molar-refractivity contribution in [2.24, 2.45) is 0 Å². The van der Waals surface area contributed by atoms with Crippen molar-refractivity contribution in [2.45, 2.75) is 37.2 Å². The fraction of sp³-hybridized carbons (Fsp3) is 0.250. The second kappa shape index (κ2) is 8.35. The van der Waals surface area contributed by atoms with Gasteiger partial charge in [-0.05, 0) is 41.1 Å². The molecule has 0 aliphatic carbocycles. The van der Waals surface area contributed by atoms with Gasteiger partial charge in [0.2, 0.25) is 0 Å². The summed E-state index contributed by atoms with van der Waals surface area (Å²) in [4.78, 5) is 17.9. The molecule has 0 amide bonds. The van der Waals surface area contributed by atoms with Crippen LogP contribution in [-0.2, 0) is 12.3 Å². The van der Waals surface area contributed by atoms with Crippen molar-refractivity contribution >= 4 is 22.7 Å². The number of hydrogen-bond donors (Lipinski definition) is 0. The maximum atomic E-state index is 13.2. The van der Waals surface area contributed by atoms with Crippen molar-refractivity contribution in [3.63, 3.8) is 0 Å². The lowest BCUT2D eigenvalue weighted by Crippen LogP contribution is -2.21. The number of nitrogens with zero attached hydrogens (tertiary/aromatic N) is 6. The van der Waals surface area contributed by atoms with Gasteiger partial charge < -0.3 is 0 Å². The number of unbranched alkanes of at least 4 members (excludes halogenated alkanes) is 1. The molecule has 0 atom stereocenters. The van der Waals surface area contributed by atoms with Crippen LogP contribution in [0.1, 0.15) is 25.6 Å². The standard InChI is InChI=1S/C20H20N6OS/c1-2-3-13-25-18(22-23-24-25)14-28-20-21-17-12-8-7-11-16(17)19(27)26(20)15-9-5-4-6-10-15/h4-12H,2-3,13-14H2,1H3. The van der Waals surface area contributed by atoms with Crippen molar-refractivity contribution in [3.05, 3.63) is 70.8 Å². The van der Waals surface area contributed by atoms with Crippen LogP contribution in [0.3, 0.4) is 0 Å². The zero-order chi connectivity index (χ0) is 19.3. The first-order valence-corrected chi connectivity index (χ1v) is 10.2. The molecule has 0 spiro atoms. The third-order valence-corrected chi connectivity index (χ3v) is 5.35. The first-order valence-electron chi connectivity index (χ1n) is 9.23. The first-order chi connectivity index (χ1) is 13.8. The van der Waals surface area contributed by atoms with Gasteiger partial charge in [-0.3, -0.25) is 9.36 Å². The summed E-state index contributed by atoms with van der Waals surface area (Å²) < 4.78 is 3.48. The van der Waals surface area contributed by atoms with Gasteiger partial charge in [-0.25, -0.2) is 9.67 Å². The van der Waals surface area contributed by atoms with Gasteiger partial charge in [0.15, 0.2) is 11.0 Å². The van der Waals surface area contributed by atoms with Gasteiger partial charge in [0.25, 0.3) is 5.56 Å². The highest BCUT2D eigenvalue weighted by atomic mass is 32.2. The number of thioether (sulfide) groups is 1. The number of tetrazole rings is 1. The molecule has 28 heavy (non-hydrogen) atoms. The van der Waals surface area contributed by atoms with Gasteiger partial charge in [-0.15, -0.1) is 5.10 Å². The second-order valence-corrected chi connectivity index (χ2v) is 7.29. The van der Waals surface area contributed by atoms with Crippen LogP contribution in [0, 0.1) is 0 Å². The molecule has 2 heterocycles. The van der Waals surface area contributed by atoms with Gasteiger partial charge in [-0.2, -0.15) is 0 Å². The van der Waals surface area contributed by atoms with Crippen LogP contribution in [0.15, 0.2) is 64.5 Å². The molecule has 0 saturated heterocycles. The third-order valence-electron chi connectivity index (χ3n) is 4.42. The zero-order valence-electron chi connectivity index (χ0n) is 15.5. The van der Waals surface area contributed by atoms with E-state index in [0.29, 0.717) is 21.8 Å². The Balaban J connectivity index is 1.74. The van der Waals surface area contributed by atoms with Crippen molar-refractivity contribution < 1.29 is 0 Å². The number of benzene rings is 2. The molecule has 4 rings (SSSR count). The Morgan fingerprint density at radius 3 is 2.64 bits per heavy atom. The molecule has 0 saturated carbocycles. The summed E-state index contributed by atoms with van der Waals surface area (Å²) in [5.74, 6) is 1.31. The normalized spacial score (nSPS) is 11.2. The zero-order valence-corrected chi connectivity index (χ0v) is 16.3. The highest BCUT2D eigenvalue weighted by molar-refractivity contribution is 7.98. The van der Waals surface area contributed by atoms with E-state index in [4.69, 9.17) is 4.98 Å². The van der Waals surface area contributed by atoms with Crippen LogP contribution in [0.25, 0.3) is 16.6 Å².